The molecule has 0 bridgehead atoms. The number of fused-ring (bicyclic) bond motifs is 1. The Balaban J connectivity index is 2.07. The zero-order chi connectivity index (χ0) is 9.42. The van der Waals surface area contributed by atoms with E-state index in [1.54, 1.807) is 0 Å². The van der Waals surface area contributed by atoms with Gasteiger partial charge in [-0.2, -0.15) is 0 Å². The molecular weight excluding hydrogens is 160 g/mol. The maximum Gasteiger partial charge on any atom is 0.0266 e. The Bertz CT molecular complexity index is 179. The van der Waals surface area contributed by atoms with Gasteiger partial charge < -0.3 is 4.90 Å². The summed E-state index contributed by atoms with van der Waals surface area (Å²) in [4.78, 5) is 5.26. The fraction of sp³-hybridized carbons (Fsp3) is 1.00. The minimum atomic E-state index is 0.735. The maximum absolute atomic E-state index is 2.71. The van der Waals surface area contributed by atoms with Crippen LogP contribution in [-0.2, 0) is 0 Å². The highest BCUT2D eigenvalue weighted by Gasteiger charge is 2.38. The first-order valence-corrected chi connectivity index (χ1v) is 5.66. The highest BCUT2D eigenvalue weighted by atomic mass is 15.3. The number of hydrogen-bond donors (Lipinski definition) is 0. The van der Waals surface area contributed by atoms with Crippen LogP contribution in [0.15, 0.2) is 0 Å². The fourth-order valence-corrected chi connectivity index (χ4v) is 3.08. The number of likely N-dealkylation sites (N-methyl/N-ethyl adjacent to an activating group) is 1. The summed E-state index contributed by atoms with van der Waals surface area (Å²) in [6.45, 7) is 7.30. The lowest BCUT2D eigenvalue weighted by Gasteiger charge is -2.41. The van der Waals surface area contributed by atoms with Gasteiger partial charge in [0.1, 0.15) is 0 Å². The number of likely N-dealkylation sites (tertiary alicyclic amines) is 2. The number of piperidine rings is 1. The van der Waals surface area contributed by atoms with Crippen molar-refractivity contribution < 1.29 is 0 Å². The highest BCUT2D eigenvalue weighted by Crippen LogP contribution is 2.30. The summed E-state index contributed by atoms with van der Waals surface area (Å²) >= 11 is 0. The first-order valence-electron chi connectivity index (χ1n) is 5.66. The van der Waals surface area contributed by atoms with E-state index in [0.29, 0.717) is 0 Å². The van der Waals surface area contributed by atoms with E-state index in [2.05, 4.69) is 30.7 Å². The van der Waals surface area contributed by atoms with Crippen LogP contribution in [0.3, 0.4) is 0 Å². The molecule has 2 nitrogen and oxygen atoms in total. The zero-order valence-electron chi connectivity index (χ0n) is 9.16. The van der Waals surface area contributed by atoms with E-state index in [1.165, 1.54) is 32.4 Å². The maximum atomic E-state index is 2.71. The molecule has 2 fully saturated rings. The average Bonchev–Trinajstić information content (AvgIpc) is 2.48. The summed E-state index contributed by atoms with van der Waals surface area (Å²) in [5.41, 5.74) is 0. The molecule has 0 aromatic carbocycles. The van der Waals surface area contributed by atoms with Crippen molar-refractivity contribution in [2.75, 3.05) is 20.1 Å². The van der Waals surface area contributed by atoms with Gasteiger partial charge in [-0.05, 0) is 53.2 Å². The topological polar surface area (TPSA) is 6.48 Å². The minimum absolute atomic E-state index is 0.735. The average molecular weight is 182 g/mol. The molecule has 13 heavy (non-hydrogen) atoms. The van der Waals surface area contributed by atoms with Gasteiger partial charge >= 0.3 is 0 Å². The van der Waals surface area contributed by atoms with Crippen LogP contribution in [0.2, 0.25) is 0 Å². The Hall–Kier alpha value is -0.0800. The van der Waals surface area contributed by atoms with Gasteiger partial charge in [0, 0.05) is 18.1 Å². The molecule has 2 aliphatic rings. The summed E-state index contributed by atoms with van der Waals surface area (Å²) in [6.07, 6.45) is 4.20. The van der Waals surface area contributed by atoms with Crippen molar-refractivity contribution in [3.63, 3.8) is 0 Å². The minimum Gasteiger partial charge on any atom is -0.302 e. The van der Waals surface area contributed by atoms with Crippen molar-refractivity contribution in [2.45, 2.75) is 51.2 Å². The van der Waals surface area contributed by atoms with Crippen molar-refractivity contribution in [2.24, 2.45) is 0 Å². The molecule has 0 aromatic heterocycles. The van der Waals surface area contributed by atoms with Crippen LogP contribution in [0.5, 0.6) is 0 Å². The third-order valence-electron chi connectivity index (χ3n) is 3.79. The van der Waals surface area contributed by atoms with E-state index in [0.717, 1.165) is 18.1 Å². The van der Waals surface area contributed by atoms with E-state index in [1.807, 2.05) is 0 Å². The van der Waals surface area contributed by atoms with Gasteiger partial charge in [-0.25, -0.2) is 0 Å². The van der Waals surface area contributed by atoms with Gasteiger partial charge in [0.25, 0.3) is 0 Å². The van der Waals surface area contributed by atoms with Crippen LogP contribution in [-0.4, -0.2) is 48.1 Å². The van der Waals surface area contributed by atoms with Gasteiger partial charge in [-0.1, -0.05) is 0 Å². The van der Waals surface area contributed by atoms with E-state index in [-0.39, 0.29) is 0 Å². The highest BCUT2D eigenvalue weighted by molar-refractivity contribution is 4.95. The molecular formula is C11H22N2. The lowest BCUT2D eigenvalue weighted by molar-refractivity contribution is 0.0781. The molecule has 2 aliphatic heterocycles. The van der Waals surface area contributed by atoms with Gasteiger partial charge in [-0.3, -0.25) is 4.90 Å². The standard InChI is InChI=1S/C11H22N2/c1-9(2)13-7-4-5-10-11(13)6-8-12(10)3/h9-11H,4-8H2,1-3H3. The van der Waals surface area contributed by atoms with E-state index in [4.69, 9.17) is 0 Å². The van der Waals surface area contributed by atoms with Crippen molar-refractivity contribution in [1.29, 1.82) is 0 Å². The van der Waals surface area contributed by atoms with Crippen LogP contribution in [0.25, 0.3) is 0 Å². The molecule has 2 heteroatoms. The van der Waals surface area contributed by atoms with E-state index in [9.17, 15) is 0 Å². The molecule has 0 spiro atoms. The Kier molecular flexibility index (Phi) is 2.61. The molecule has 2 heterocycles. The summed E-state index contributed by atoms with van der Waals surface area (Å²) in [5.74, 6) is 0. The molecule has 0 saturated carbocycles. The second kappa shape index (κ2) is 3.58. The Morgan fingerprint density at radius 3 is 2.54 bits per heavy atom. The molecule has 2 atom stereocenters. The quantitative estimate of drug-likeness (QED) is 0.607. The SMILES string of the molecule is CC(C)N1CCCC2C1CCN2C. The van der Waals surface area contributed by atoms with Crippen molar-refractivity contribution >= 4 is 0 Å². The fourth-order valence-electron chi connectivity index (χ4n) is 3.08. The lowest BCUT2D eigenvalue weighted by Crippen LogP contribution is -2.51. The molecule has 0 aromatic rings. The van der Waals surface area contributed by atoms with E-state index < -0.39 is 0 Å². The Morgan fingerprint density at radius 1 is 1.08 bits per heavy atom. The van der Waals surface area contributed by atoms with Crippen LogP contribution < -0.4 is 0 Å². The number of rotatable bonds is 1. The summed E-state index contributed by atoms with van der Waals surface area (Å²) in [5, 5.41) is 0. The van der Waals surface area contributed by atoms with Crippen LogP contribution in [0, 0.1) is 0 Å². The van der Waals surface area contributed by atoms with Crippen molar-refractivity contribution in [3.05, 3.63) is 0 Å². The molecule has 2 rings (SSSR count). The van der Waals surface area contributed by atoms with E-state index >= 15 is 0 Å². The first kappa shape index (κ1) is 9.47. The van der Waals surface area contributed by atoms with Gasteiger partial charge in [0.05, 0.1) is 0 Å². The van der Waals surface area contributed by atoms with Crippen LogP contribution >= 0.6 is 0 Å². The molecule has 0 radical (unpaired) electrons. The van der Waals surface area contributed by atoms with Gasteiger partial charge in [0.2, 0.25) is 0 Å². The van der Waals surface area contributed by atoms with Gasteiger partial charge in [0.15, 0.2) is 0 Å². The number of hydrogen-bond acceptors (Lipinski definition) is 2. The second-order valence-corrected chi connectivity index (χ2v) is 4.88. The van der Waals surface area contributed by atoms with Crippen LogP contribution in [0.1, 0.15) is 33.1 Å². The predicted molar refractivity (Wildman–Crippen MR) is 55.9 cm³/mol. The smallest absolute Gasteiger partial charge is 0.0266 e. The predicted octanol–water partition coefficient (Wildman–Crippen LogP) is 1.56. The summed E-state index contributed by atoms with van der Waals surface area (Å²) < 4.78 is 0. The molecule has 2 saturated heterocycles. The molecule has 2 unspecified atom stereocenters. The lowest BCUT2D eigenvalue weighted by atomic mass is 9.96. The largest absolute Gasteiger partial charge is 0.302 e. The van der Waals surface area contributed by atoms with Crippen LogP contribution in [0.4, 0.5) is 0 Å². The third kappa shape index (κ3) is 1.62. The van der Waals surface area contributed by atoms with Gasteiger partial charge in [-0.15, -0.1) is 0 Å². The Labute approximate surface area is 81.9 Å². The second-order valence-electron chi connectivity index (χ2n) is 4.88. The van der Waals surface area contributed by atoms with Crippen molar-refractivity contribution in [3.8, 4) is 0 Å². The summed E-state index contributed by atoms with van der Waals surface area (Å²) in [7, 11) is 2.29. The summed E-state index contributed by atoms with van der Waals surface area (Å²) in [6, 6.07) is 2.45. The third-order valence-corrected chi connectivity index (χ3v) is 3.79. The Morgan fingerprint density at radius 2 is 1.85 bits per heavy atom. The monoisotopic (exact) mass is 182 g/mol. The molecule has 0 N–H and O–H groups in total. The molecule has 76 valence electrons. The zero-order valence-corrected chi connectivity index (χ0v) is 9.16. The number of nitrogens with zero attached hydrogens (tertiary/aromatic N) is 2. The van der Waals surface area contributed by atoms with Crippen molar-refractivity contribution in [1.82, 2.24) is 9.80 Å². The molecule has 0 aliphatic carbocycles. The normalized spacial score (nSPS) is 36.9. The molecule has 0 amide bonds. The first-order chi connectivity index (χ1) is 6.20.